The molecular weight excluding hydrogens is 319 g/mol. The lowest BCUT2D eigenvalue weighted by Gasteiger charge is -2.30. The van der Waals surface area contributed by atoms with Crippen molar-refractivity contribution in [3.05, 3.63) is 58.9 Å². The largest absolute Gasteiger partial charge is 0.378 e. The predicted octanol–water partition coefficient (Wildman–Crippen LogP) is 3.57. The Morgan fingerprint density at radius 3 is 2.61 bits per heavy atom. The summed E-state index contributed by atoms with van der Waals surface area (Å²) >= 11 is 5.95. The van der Waals surface area contributed by atoms with Crippen LogP contribution >= 0.6 is 11.6 Å². The van der Waals surface area contributed by atoms with Crippen molar-refractivity contribution in [3.63, 3.8) is 0 Å². The minimum Gasteiger partial charge on any atom is -0.378 e. The van der Waals surface area contributed by atoms with Crippen molar-refractivity contribution < 1.29 is 13.9 Å². The van der Waals surface area contributed by atoms with E-state index >= 15 is 0 Å². The smallest absolute Gasteiger partial charge is 0.260 e. The fourth-order valence-corrected chi connectivity index (χ4v) is 2.81. The number of nitrogens with zero attached hydrogens (tertiary/aromatic N) is 1. The fraction of sp³-hybridized carbons (Fsp3) is 0.235. The normalized spacial score (nSPS) is 14.6. The van der Waals surface area contributed by atoms with E-state index in [0.717, 1.165) is 18.8 Å². The lowest BCUT2D eigenvalue weighted by molar-refractivity contribution is 0.102. The molecule has 23 heavy (non-hydrogen) atoms. The van der Waals surface area contributed by atoms with Gasteiger partial charge < -0.3 is 15.0 Å². The second kappa shape index (κ2) is 6.98. The monoisotopic (exact) mass is 334 g/mol. The number of carbonyl (C=O) groups is 1. The molecule has 1 amide bonds. The summed E-state index contributed by atoms with van der Waals surface area (Å²) in [5.41, 5.74) is 1.36. The van der Waals surface area contributed by atoms with Crippen LogP contribution in [0.1, 0.15) is 10.4 Å². The molecule has 6 heteroatoms. The van der Waals surface area contributed by atoms with Gasteiger partial charge in [-0.15, -0.1) is 0 Å². The van der Waals surface area contributed by atoms with Crippen molar-refractivity contribution in [1.29, 1.82) is 0 Å². The number of rotatable bonds is 3. The Hall–Kier alpha value is -2.11. The van der Waals surface area contributed by atoms with Crippen LogP contribution in [0.3, 0.4) is 0 Å². The third-order valence-corrected chi connectivity index (χ3v) is 4.01. The van der Waals surface area contributed by atoms with Crippen molar-refractivity contribution in [2.75, 3.05) is 36.5 Å². The minimum atomic E-state index is -0.640. The number of benzene rings is 2. The number of ether oxygens (including phenoxy) is 1. The van der Waals surface area contributed by atoms with Gasteiger partial charge in [-0.3, -0.25) is 4.79 Å². The van der Waals surface area contributed by atoms with Crippen molar-refractivity contribution >= 4 is 28.9 Å². The Kier molecular flexibility index (Phi) is 4.79. The molecule has 2 aromatic carbocycles. The van der Waals surface area contributed by atoms with Crippen LogP contribution in [-0.2, 0) is 4.74 Å². The highest BCUT2D eigenvalue weighted by molar-refractivity contribution is 6.34. The number of hydrogen-bond donors (Lipinski definition) is 1. The van der Waals surface area contributed by atoms with Gasteiger partial charge in [-0.2, -0.15) is 0 Å². The highest BCUT2D eigenvalue weighted by Gasteiger charge is 2.19. The molecule has 0 atom stereocenters. The highest BCUT2D eigenvalue weighted by atomic mass is 35.5. The first-order valence-electron chi connectivity index (χ1n) is 7.34. The van der Waals surface area contributed by atoms with Crippen LogP contribution in [0.2, 0.25) is 5.02 Å². The average molecular weight is 335 g/mol. The first-order chi connectivity index (χ1) is 11.2. The number of halogens is 2. The first-order valence-corrected chi connectivity index (χ1v) is 7.71. The first kappa shape index (κ1) is 15.8. The lowest BCUT2D eigenvalue weighted by atomic mass is 10.1. The molecule has 1 aliphatic rings. The molecule has 1 heterocycles. The van der Waals surface area contributed by atoms with E-state index in [1.54, 1.807) is 6.07 Å². The van der Waals surface area contributed by atoms with Crippen molar-refractivity contribution in [2.45, 2.75) is 0 Å². The summed E-state index contributed by atoms with van der Waals surface area (Å²) in [6.45, 7) is 2.77. The third-order valence-electron chi connectivity index (χ3n) is 3.69. The number of carbonyl (C=O) groups excluding carboxylic acids is 1. The van der Waals surface area contributed by atoms with E-state index in [2.05, 4.69) is 10.2 Å². The van der Waals surface area contributed by atoms with Gasteiger partial charge in [0.15, 0.2) is 0 Å². The Bertz CT molecular complexity index is 697. The molecule has 2 aromatic rings. The van der Waals surface area contributed by atoms with Crippen LogP contribution in [0.15, 0.2) is 42.5 Å². The van der Waals surface area contributed by atoms with Crippen molar-refractivity contribution in [3.8, 4) is 0 Å². The second-order valence-electron chi connectivity index (χ2n) is 5.17. The average Bonchev–Trinajstić information content (AvgIpc) is 2.56. The molecule has 4 nitrogen and oxygen atoms in total. The van der Waals surface area contributed by atoms with Crippen molar-refractivity contribution in [2.24, 2.45) is 0 Å². The lowest BCUT2D eigenvalue weighted by Crippen LogP contribution is -2.36. The Morgan fingerprint density at radius 2 is 1.87 bits per heavy atom. The third kappa shape index (κ3) is 3.46. The molecule has 0 saturated carbocycles. The molecule has 1 N–H and O–H groups in total. The topological polar surface area (TPSA) is 41.6 Å². The number of para-hydroxylation sites is 2. The van der Waals surface area contributed by atoms with Gasteiger partial charge in [0.1, 0.15) is 5.82 Å². The molecule has 3 rings (SSSR count). The summed E-state index contributed by atoms with van der Waals surface area (Å²) in [6.07, 6.45) is 0. The van der Waals surface area contributed by atoms with E-state index in [9.17, 15) is 9.18 Å². The van der Waals surface area contributed by atoms with Gasteiger partial charge in [0.05, 0.1) is 35.2 Å². The molecule has 0 bridgehead atoms. The zero-order valence-electron chi connectivity index (χ0n) is 12.4. The SMILES string of the molecule is O=C(Nc1ccccc1N1CCOCC1)c1c(F)cccc1Cl. The summed E-state index contributed by atoms with van der Waals surface area (Å²) in [4.78, 5) is 14.5. The van der Waals surface area contributed by atoms with E-state index in [0.29, 0.717) is 18.9 Å². The van der Waals surface area contributed by atoms with Crippen LogP contribution in [0.5, 0.6) is 0 Å². The Balaban J connectivity index is 1.87. The zero-order valence-corrected chi connectivity index (χ0v) is 13.1. The number of morpholine rings is 1. The molecule has 0 aromatic heterocycles. The highest BCUT2D eigenvalue weighted by Crippen LogP contribution is 2.28. The van der Waals surface area contributed by atoms with Gasteiger partial charge in [0.2, 0.25) is 0 Å². The van der Waals surface area contributed by atoms with Gasteiger partial charge >= 0.3 is 0 Å². The van der Waals surface area contributed by atoms with Crippen LogP contribution in [0.4, 0.5) is 15.8 Å². The minimum absolute atomic E-state index is 0.0892. The molecule has 0 radical (unpaired) electrons. The van der Waals surface area contributed by atoms with E-state index in [-0.39, 0.29) is 10.6 Å². The van der Waals surface area contributed by atoms with E-state index in [1.807, 2.05) is 18.2 Å². The molecule has 120 valence electrons. The van der Waals surface area contributed by atoms with Crippen LogP contribution in [0.25, 0.3) is 0 Å². The summed E-state index contributed by atoms with van der Waals surface area (Å²) in [7, 11) is 0. The van der Waals surface area contributed by atoms with E-state index in [4.69, 9.17) is 16.3 Å². The maximum atomic E-state index is 13.9. The van der Waals surface area contributed by atoms with Gasteiger partial charge in [-0.05, 0) is 24.3 Å². The molecule has 1 fully saturated rings. The van der Waals surface area contributed by atoms with Gasteiger partial charge in [0, 0.05) is 13.1 Å². The quantitative estimate of drug-likeness (QED) is 0.933. The zero-order chi connectivity index (χ0) is 16.2. The molecular formula is C17H16ClFN2O2. The van der Waals surface area contributed by atoms with E-state index in [1.165, 1.54) is 18.2 Å². The molecule has 1 aliphatic heterocycles. The molecule has 0 aliphatic carbocycles. The second-order valence-corrected chi connectivity index (χ2v) is 5.57. The maximum absolute atomic E-state index is 13.9. The number of amides is 1. The molecule has 0 unspecified atom stereocenters. The Labute approximate surface area is 138 Å². The van der Waals surface area contributed by atoms with Crippen LogP contribution in [0, 0.1) is 5.82 Å². The fourth-order valence-electron chi connectivity index (χ4n) is 2.56. The van der Waals surface area contributed by atoms with Gasteiger partial charge in [-0.1, -0.05) is 29.8 Å². The summed E-state index contributed by atoms with van der Waals surface area (Å²) in [5, 5.41) is 2.85. The standard InChI is InChI=1S/C17H16ClFN2O2/c18-12-4-3-5-13(19)16(12)17(22)20-14-6-1-2-7-15(14)21-8-10-23-11-9-21/h1-7H,8-11H2,(H,20,22). The molecule has 1 saturated heterocycles. The van der Waals surface area contributed by atoms with Crippen LogP contribution < -0.4 is 10.2 Å². The number of hydrogen-bond acceptors (Lipinski definition) is 3. The Morgan fingerprint density at radius 1 is 1.13 bits per heavy atom. The summed E-state index contributed by atoms with van der Waals surface area (Å²) < 4.78 is 19.2. The maximum Gasteiger partial charge on any atom is 0.260 e. The summed E-state index contributed by atoms with van der Waals surface area (Å²) in [6, 6.07) is 11.6. The number of anilines is 2. The van der Waals surface area contributed by atoms with Crippen molar-refractivity contribution in [1.82, 2.24) is 0 Å². The van der Waals surface area contributed by atoms with Gasteiger partial charge in [0.25, 0.3) is 5.91 Å². The predicted molar refractivity (Wildman–Crippen MR) is 88.8 cm³/mol. The van der Waals surface area contributed by atoms with E-state index < -0.39 is 11.7 Å². The summed E-state index contributed by atoms with van der Waals surface area (Å²) in [5.74, 6) is -1.20. The molecule has 0 spiro atoms. The van der Waals surface area contributed by atoms with Crippen LogP contribution in [-0.4, -0.2) is 32.2 Å². The van der Waals surface area contributed by atoms with Gasteiger partial charge in [-0.25, -0.2) is 4.39 Å². The number of nitrogens with one attached hydrogen (secondary N) is 1.